The first-order chi connectivity index (χ1) is 24.6. The van der Waals surface area contributed by atoms with Crippen LogP contribution in [0.3, 0.4) is 0 Å². The van der Waals surface area contributed by atoms with Crippen LogP contribution in [0.4, 0.5) is 17.1 Å². The van der Waals surface area contributed by atoms with E-state index in [1.165, 1.54) is 42.1 Å². The molecule has 51 heavy (non-hydrogen) atoms. The molecule has 0 saturated carbocycles. The molecule has 1 saturated heterocycles. The monoisotopic (exact) mass is 718 g/mol. The molecule has 6 rings (SSSR count). The number of benzene rings is 5. The van der Waals surface area contributed by atoms with Crippen LogP contribution in [-0.2, 0) is 14.4 Å². The van der Waals surface area contributed by atoms with E-state index in [0.717, 1.165) is 4.90 Å². The maximum atomic E-state index is 13.5. The molecule has 13 heteroatoms. The van der Waals surface area contributed by atoms with Crippen molar-refractivity contribution in [3.63, 3.8) is 0 Å². The number of carbonyl (C=O) groups is 4. The van der Waals surface area contributed by atoms with Crippen molar-refractivity contribution < 1.29 is 28.8 Å². The van der Waals surface area contributed by atoms with Crippen molar-refractivity contribution >= 4 is 70.1 Å². The summed E-state index contributed by atoms with van der Waals surface area (Å²) in [7, 11) is 0. The Morgan fingerprint density at radius 2 is 1.53 bits per heavy atom. The van der Waals surface area contributed by atoms with Crippen LogP contribution >= 0.6 is 23.4 Å². The molecule has 0 bridgehead atoms. The van der Waals surface area contributed by atoms with E-state index in [4.69, 9.17) is 16.3 Å². The molecular formula is C38H27ClN4O7S. The van der Waals surface area contributed by atoms with Crippen molar-refractivity contribution in [3.8, 4) is 11.5 Å². The number of halogens is 1. The summed E-state index contributed by atoms with van der Waals surface area (Å²) >= 11 is 7.13. The topological polar surface area (TPSA) is 148 Å². The number of anilines is 2. The van der Waals surface area contributed by atoms with E-state index in [1.54, 1.807) is 103 Å². The molecule has 0 spiro atoms. The second-order valence-corrected chi connectivity index (χ2v) is 12.8. The average Bonchev–Trinajstić information content (AvgIpc) is 3.41. The summed E-state index contributed by atoms with van der Waals surface area (Å²) in [6.07, 6.45) is 1.39. The Morgan fingerprint density at radius 1 is 0.863 bits per heavy atom. The van der Waals surface area contributed by atoms with Gasteiger partial charge in [-0.05, 0) is 103 Å². The van der Waals surface area contributed by atoms with Crippen LogP contribution in [0, 0.1) is 10.1 Å². The number of hydrogen-bond acceptors (Lipinski definition) is 8. The number of nitrogens with zero attached hydrogens (tertiary/aromatic N) is 2. The molecule has 1 atom stereocenters. The van der Waals surface area contributed by atoms with Crippen molar-refractivity contribution in [2.75, 3.05) is 10.2 Å². The molecule has 11 nitrogen and oxygen atoms in total. The Kier molecular flexibility index (Phi) is 10.5. The number of nitro benzene ring substituents is 1. The number of nitrogens with one attached hydrogen (secondary N) is 2. The fourth-order valence-corrected chi connectivity index (χ4v) is 6.32. The second-order valence-electron chi connectivity index (χ2n) is 11.1. The average molecular weight is 719 g/mol. The third-order valence-corrected chi connectivity index (χ3v) is 8.99. The molecule has 0 radical (unpaired) electrons. The highest BCUT2D eigenvalue weighted by Crippen LogP contribution is 2.36. The Labute approximate surface area is 301 Å². The number of non-ortho nitro benzene ring substituents is 1. The molecule has 4 amide bonds. The summed E-state index contributed by atoms with van der Waals surface area (Å²) in [5.41, 5.74) is 1.34. The fourth-order valence-electron chi connectivity index (χ4n) is 5.08. The first kappa shape index (κ1) is 34.6. The van der Waals surface area contributed by atoms with Crippen LogP contribution in [0.5, 0.6) is 11.5 Å². The normalized spacial score (nSPS) is 14.3. The van der Waals surface area contributed by atoms with Crippen molar-refractivity contribution in [1.82, 2.24) is 5.32 Å². The Balaban J connectivity index is 1.14. The Bertz CT molecular complexity index is 2140. The van der Waals surface area contributed by atoms with E-state index in [2.05, 4.69) is 10.6 Å². The van der Waals surface area contributed by atoms with Gasteiger partial charge in [-0.15, -0.1) is 11.8 Å². The summed E-state index contributed by atoms with van der Waals surface area (Å²) in [6, 6.07) is 34.1. The van der Waals surface area contributed by atoms with Crippen LogP contribution in [0.25, 0.3) is 6.08 Å². The zero-order chi connectivity index (χ0) is 35.9. The predicted molar refractivity (Wildman–Crippen MR) is 195 cm³/mol. The number of hydrogen-bond donors (Lipinski definition) is 2. The van der Waals surface area contributed by atoms with Gasteiger partial charge < -0.3 is 15.4 Å². The number of carbonyl (C=O) groups excluding carboxylic acids is 4. The van der Waals surface area contributed by atoms with E-state index < -0.39 is 22.0 Å². The number of thioether (sulfide) groups is 1. The Morgan fingerprint density at radius 3 is 2.20 bits per heavy atom. The summed E-state index contributed by atoms with van der Waals surface area (Å²) in [5, 5.41) is 16.4. The molecule has 5 aromatic rings. The highest BCUT2D eigenvalue weighted by Gasteiger charge is 2.40. The molecule has 2 N–H and O–H groups in total. The molecule has 1 aliphatic heterocycles. The van der Waals surface area contributed by atoms with Crippen LogP contribution in [0.2, 0.25) is 5.02 Å². The van der Waals surface area contributed by atoms with Gasteiger partial charge in [0.15, 0.2) is 0 Å². The molecule has 254 valence electrons. The maximum absolute atomic E-state index is 13.5. The first-order valence-electron chi connectivity index (χ1n) is 15.4. The minimum atomic E-state index is -0.698. The quantitative estimate of drug-likeness (QED) is 0.0607. The number of ether oxygens (including phenoxy) is 1. The zero-order valence-corrected chi connectivity index (χ0v) is 28.1. The highest BCUT2D eigenvalue weighted by molar-refractivity contribution is 8.00. The van der Waals surface area contributed by atoms with Gasteiger partial charge in [-0.2, -0.15) is 0 Å². The van der Waals surface area contributed by atoms with Gasteiger partial charge in [0.25, 0.3) is 17.5 Å². The van der Waals surface area contributed by atoms with Gasteiger partial charge in [-0.3, -0.25) is 29.3 Å². The van der Waals surface area contributed by atoms with E-state index in [-0.39, 0.29) is 29.6 Å². The summed E-state index contributed by atoms with van der Waals surface area (Å²) in [6.45, 7) is 0. The zero-order valence-electron chi connectivity index (χ0n) is 26.5. The molecule has 1 fully saturated rings. The van der Waals surface area contributed by atoms with Gasteiger partial charge >= 0.3 is 0 Å². The van der Waals surface area contributed by atoms with Gasteiger partial charge in [0, 0.05) is 39.7 Å². The van der Waals surface area contributed by atoms with E-state index in [9.17, 15) is 29.3 Å². The molecule has 1 heterocycles. The fraction of sp³-hybridized carbons (Fsp3) is 0.0526. The van der Waals surface area contributed by atoms with E-state index in [0.29, 0.717) is 43.9 Å². The molecule has 5 aromatic carbocycles. The lowest BCUT2D eigenvalue weighted by Gasteiger charge is -2.16. The first-order valence-corrected chi connectivity index (χ1v) is 16.7. The molecule has 0 unspecified atom stereocenters. The van der Waals surface area contributed by atoms with Gasteiger partial charge in [0.05, 0.1) is 15.9 Å². The molecular weight excluding hydrogens is 692 g/mol. The minimum Gasteiger partial charge on any atom is -0.457 e. The predicted octanol–water partition coefficient (Wildman–Crippen LogP) is 7.87. The number of amides is 4. The van der Waals surface area contributed by atoms with E-state index in [1.807, 2.05) is 0 Å². The highest BCUT2D eigenvalue weighted by atomic mass is 35.5. The third kappa shape index (κ3) is 8.68. The molecule has 0 aromatic heterocycles. The van der Waals surface area contributed by atoms with Gasteiger partial charge in [-0.1, -0.05) is 35.9 Å². The molecule has 0 aliphatic carbocycles. The van der Waals surface area contributed by atoms with Crippen LogP contribution < -0.4 is 20.3 Å². The number of nitro groups is 1. The summed E-state index contributed by atoms with van der Waals surface area (Å²) in [4.78, 5) is 65.2. The van der Waals surface area contributed by atoms with E-state index >= 15 is 0 Å². The number of imide groups is 1. The summed E-state index contributed by atoms with van der Waals surface area (Å²) < 4.78 is 5.81. The van der Waals surface area contributed by atoms with Crippen molar-refractivity contribution in [2.45, 2.75) is 16.6 Å². The third-order valence-electron chi connectivity index (χ3n) is 7.56. The molecule has 1 aliphatic rings. The SMILES string of the molecule is O=C(Nc1cccc(S[C@@H]2CC(=O)N(c3ccc(Oc4ccc(Cl)cc4)cc3)C2=O)c1)/C(=C\c1ccc([N+](=O)[O-])cc1)NC(=O)c1ccccc1. The van der Waals surface area contributed by atoms with Crippen LogP contribution in [-0.4, -0.2) is 33.8 Å². The minimum absolute atomic E-state index is 0.0171. The van der Waals surface area contributed by atoms with Gasteiger partial charge in [0.1, 0.15) is 17.2 Å². The summed E-state index contributed by atoms with van der Waals surface area (Å²) in [5.74, 6) is -0.784. The van der Waals surface area contributed by atoms with Crippen molar-refractivity contribution in [3.05, 3.63) is 159 Å². The van der Waals surface area contributed by atoms with Crippen molar-refractivity contribution in [2.24, 2.45) is 0 Å². The number of rotatable bonds is 11. The maximum Gasteiger partial charge on any atom is 0.272 e. The largest absolute Gasteiger partial charge is 0.457 e. The lowest BCUT2D eigenvalue weighted by Crippen LogP contribution is -2.31. The van der Waals surface area contributed by atoms with Gasteiger partial charge in [0.2, 0.25) is 11.8 Å². The lowest BCUT2D eigenvalue weighted by molar-refractivity contribution is -0.384. The van der Waals surface area contributed by atoms with Gasteiger partial charge in [-0.25, -0.2) is 4.90 Å². The lowest BCUT2D eigenvalue weighted by atomic mass is 10.1. The van der Waals surface area contributed by atoms with Crippen LogP contribution in [0.1, 0.15) is 22.3 Å². The smallest absolute Gasteiger partial charge is 0.272 e. The standard InChI is InChI=1S/C38H27ClN4O7S/c39-26-11-17-30(18-12-26)50-31-19-15-28(16-20-31)42-35(44)23-34(38(42)47)51-32-8-4-7-27(22-32)40-37(46)33(41-36(45)25-5-2-1-3-6-25)21-24-9-13-29(14-10-24)43(48)49/h1-22,34H,23H2,(H,40,46)(H,41,45)/b33-21+/t34-/m1/s1. The van der Waals surface area contributed by atoms with Crippen molar-refractivity contribution in [1.29, 1.82) is 0 Å². The Hall–Kier alpha value is -6.24. The second kappa shape index (κ2) is 15.5. The van der Waals surface area contributed by atoms with Crippen LogP contribution in [0.15, 0.2) is 138 Å².